The number of piperidine rings is 1. The molecular formula is C26H33NO2. The first kappa shape index (κ1) is 20.2. The van der Waals surface area contributed by atoms with Gasteiger partial charge < -0.3 is 9.84 Å². The molecule has 2 aromatic rings. The lowest BCUT2D eigenvalue weighted by atomic mass is 9.66. The van der Waals surface area contributed by atoms with Crippen molar-refractivity contribution in [3.05, 3.63) is 71.8 Å². The van der Waals surface area contributed by atoms with E-state index in [0.29, 0.717) is 6.61 Å². The summed E-state index contributed by atoms with van der Waals surface area (Å²) < 4.78 is 6.00. The van der Waals surface area contributed by atoms with Crippen LogP contribution in [0.1, 0.15) is 56.2 Å². The summed E-state index contributed by atoms with van der Waals surface area (Å²) in [4.78, 5) is 2.54. The number of nitrogens with zero attached hydrogens (tertiary/aromatic N) is 1. The highest BCUT2D eigenvalue weighted by molar-refractivity contribution is 5.49. The molecule has 0 radical (unpaired) electrons. The maximum absolute atomic E-state index is 11.5. The second-order valence-corrected chi connectivity index (χ2v) is 8.43. The summed E-state index contributed by atoms with van der Waals surface area (Å²) in [5.74, 6) is 1.23. The van der Waals surface area contributed by atoms with Gasteiger partial charge in [0.1, 0.15) is 5.75 Å². The average molecular weight is 392 g/mol. The monoisotopic (exact) mass is 391 g/mol. The Labute approximate surface area is 175 Å². The number of likely N-dealkylation sites (tertiary alicyclic amines) is 1. The SMILES string of the molecule is CCOc1ccccc1[C@@H]1[C@@H]2CCCC[C@]2(O)CCN1C/C=C/c1ccccc1. The molecule has 0 amide bonds. The van der Waals surface area contributed by atoms with Crippen molar-refractivity contribution in [1.82, 2.24) is 4.90 Å². The topological polar surface area (TPSA) is 32.7 Å². The van der Waals surface area contributed by atoms with Crippen LogP contribution in [0.2, 0.25) is 0 Å². The molecule has 1 heterocycles. The van der Waals surface area contributed by atoms with E-state index in [9.17, 15) is 5.11 Å². The summed E-state index contributed by atoms with van der Waals surface area (Å²) in [5.41, 5.74) is 1.92. The maximum Gasteiger partial charge on any atom is 0.124 e. The molecule has 1 aliphatic heterocycles. The third-order valence-corrected chi connectivity index (χ3v) is 6.66. The zero-order chi connectivity index (χ0) is 20.1. The highest BCUT2D eigenvalue weighted by atomic mass is 16.5. The summed E-state index contributed by atoms with van der Waals surface area (Å²) in [7, 11) is 0. The first-order valence-corrected chi connectivity index (χ1v) is 11.1. The van der Waals surface area contributed by atoms with E-state index in [-0.39, 0.29) is 12.0 Å². The minimum Gasteiger partial charge on any atom is -0.494 e. The van der Waals surface area contributed by atoms with Gasteiger partial charge in [-0.05, 0) is 37.8 Å². The van der Waals surface area contributed by atoms with Crippen LogP contribution in [0.3, 0.4) is 0 Å². The van der Waals surface area contributed by atoms with E-state index in [1.54, 1.807) is 0 Å². The Morgan fingerprint density at radius 3 is 2.69 bits per heavy atom. The maximum atomic E-state index is 11.5. The van der Waals surface area contributed by atoms with Gasteiger partial charge in [0.25, 0.3) is 0 Å². The van der Waals surface area contributed by atoms with E-state index >= 15 is 0 Å². The molecule has 1 saturated heterocycles. The van der Waals surface area contributed by atoms with Crippen LogP contribution in [0.15, 0.2) is 60.7 Å². The van der Waals surface area contributed by atoms with Crippen LogP contribution in [0, 0.1) is 5.92 Å². The Bertz CT molecular complexity index is 818. The summed E-state index contributed by atoms with van der Waals surface area (Å²) >= 11 is 0. The number of fused-ring (bicyclic) bond motifs is 1. The Balaban J connectivity index is 1.63. The van der Waals surface area contributed by atoms with E-state index in [4.69, 9.17) is 4.74 Å². The lowest BCUT2D eigenvalue weighted by Crippen LogP contribution is -2.54. The second kappa shape index (κ2) is 9.15. The van der Waals surface area contributed by atoms with Gasteiger partial charge in [-0.25, -0.2) is 0 Å². The molecule has 0 unspecified atom stereocenters. The van der Waals surface area contributed by atoms with Crippen molar-refractivity contribution in [3.63, 3.8) is 0 Å². The minimum absolute atomic E-state index is 0.192. The first-order chi connectivity index (χ1) is 14.2. The Morgan fingerprint density at radius 2 is 1.86 bits per heavy atom. The summed E-state index contributed by atoms with van der Waals surface area (Å²) in [6, 6.07) is 19.1. The second-order valence-electron chi connectivity index (χ2n) is 8.43. The molecule has 29 heavy (non-hydrogen) atoms. The van der Waals surface area contributed by atoms with Crippen LogP contribution in [0.4, 0.5) is 0 Å². The molecule has 0 spiro atoms. The fraction of sp³-hybridized carbons (Fsp3) is 0.462. The number of hydrogen-bond donors (Lipinski definition) is 1. The summed E-state index contributed by atoms with van der Waals surface area (Å²) in [5, 5.41) is 11.5. The van der Waals surface area contributed by atoms with Gasteiger partial charge in [0, 0.05) is 30.6 Å². The van der Waals surface area contributed by atoms with Crippen LogP contribution < -0.4 is 4.74 Å². The number of aliphatic hydroxyl groups is 1. The van der Waals surface area contributed by atoms with Crippen molar-refractivity contribution < 1.29 is 9.84 Å². The van der Waals surface area contributed by atoms with Crippen molar-refractivity contribution in [2.45, 2.75) is 50.7 Å². The molecule has 1 saturated carbocycles. The number of benzene rings is 2. The van der Waals surface area contributed by atoms with Crippen LogP contribution in [0.5, 0.6) is 5.75 Å². The number of ether oxygens (including phenoxy) is 1. The molecular weight excluding hydrogens is 358 g/mol. The molecule has 1 N–H and O–H groups in total. The van der Waals surface area contributed by atoms with Crippen molar-refractivity contribution in [2.24, 2.45) is 5.92 Å². The Morgan fingerprint density at radius 1 is 1.07 bits per heavy atom. The molecule has 154 valence electrons. The predicted octanol–water partition coefficient (Wildman–Crippen LogP) is 5.47. The molecule has 4 rings (SSSR count). The first-order valence-electron chi connectivity index (χ1n) is 11.1. The molecule has 1 aliphatic carbocycles. The fourth-order valence-corrected chi connectivity index (χ4v) is 5.26. The van der Waals surface area contributed by atoms with E-state index < -0.39 is 5.60 Å². The summed E-state index contributed by atoms with van der Waals surface area (Å²) in [6.45, 7) is 4.49. The molecule has 2 aliphatic rings. The Hall–Kier alpha value is -2.10. The van der Waals surface area contributed by atoms with Gasteiger partial charge in [-0.1, -0.05) is 73.5 Å². The molecule has 3 nitrogen and oxygen atoms in total. The van der Waals surface area contributed by atoms with Crippen molar-refractivity contribution in [1.29, 1.82) is 0 Å². The van der Waals surface area contributed by atoms with Gasteiger partial charge in [0.05, 0.1) is 12.2 Å². The van der Waals surface area contributed by atoms with Crippen LogP contribution in [-0.4, -0.2) is 35.3 Å². The Kier molecular flexibility index (Phi) is 6.37. The number of para-hydroxylation sites is 1. The quantitative estimate of drug-likeness (QED) is 0.709. The molecule has 3 heteroatoms. The molecule has 2 aromatic carbocycles. The van der Waals surface area contributed by atoms with Gasteiger partial charge >= 0.3 is 0 Å². The zero-order valence-electron chi connectivity index (χ0n) is 17.5. The van der Waals surface area contributed by atoms with Gasteiger partial charge in [0.2, 0.25) is 0 Å². The van der Waals surface area contributed by atoms with E-state index in [1.807, 2.05) is 19.1 Å². The van der Waals surface area contributed by atoms with Crippen molar-refractivity contribution >= 4 is 6.08 Å². The van der Waals surface area contributed by atoms with Crippen LogP contribution in [-0.2, 0) is 0 Å². The molecule has 0 aromatic heterocycles. The third kappa shape index (κ3) is 4.41. The third-order valence-electron chi connectivity index (χ3n) is 6.66. The largest absolute Gasteiger partial charge is 0.494 e. The minimum atomic E-state index is -0.540. The molecule has 3 atom stereocenters. The standard InChI is InChI=1S/C26H33NO2/c1-2-29-24-16-7-6-14-22(24)25-23-15-8-9-17-26(23,28)18-20-27(25)19-10-13-21-11-4-3-5-12-21/h3-7,10-14,16,23,25,28H,2,8-9,15,17-20H2,1H3/b13-10+/t23-,25+,26-/m0/s1. The van der Waals surface area contributed by atoms with Gasteiger partial charge in [-0.15, -0.1) is 0 Å². The lowest BCUT2D eigenvalue weighted by molar-refractivity contribution is -0.122. The number of hydrogen-bond acceptors (Lipinski definition) is 3. The van der Waals surface area contributed by atoms with E-state index in [1.165, 1.54) is 17.5 Å². The van der Waals surface area contributed by atoms with E-state index in [2.05, 4.69) is 59.5 Å². The summed E-state index contributed by atoms with van der Waals surface area (Å²) in [6.07, 6.45) is 9.68. The molecule has 2 fully saturated rings. The normalized spacial score (nSPS) is 27.7. The van der Waals surface area contributed by atoms with Crippen LogP contribution in [0.25, 0.3) is 6.08 Å². The fourth-order valence-electron chi connectivity index (χ4n) is 5.26. The molecule has 0 bridgehead atoms. The lowest BCUT2D eigenvalue weighted by Gasteiger charge is -2.52. The van der Waals surface area contributed by atoms with E-state index in [0.717, 1.165) is 44.5 Å². The van der Waals surface area contributed by atoms with Crippen molar-refractivity contribution in [2.75, 3.05) is 19.7 Å². The number of rotatable bonds is 6. The highest BCUT2D eigenvalue weighted by Gasteiger charge is 2.49. The van der Waals surface area contributed by atoms with Crippen molar-refractivity contribution in [3.8, 4) is 5.75 Å². The highest BCUT2D eigenvalue weighted by Crippen LogP contribution is 2.50. The average Bonchev–Trinajstić information content (AvgIpc) is 2.75. The van der Waals surface area contributed by atoms with Gasteiger partial charge in [-0.2, -0.15) is 0 Å². The predicted molar refractivity (Wildman–Crippen MR) is 119 cm³/mol. The van der Waals surface area contributed by atoms with Crippen LogP contribution >= 0.6 is 0 Å². The van der Waals surface area contributed by atoms with Gasteiger partial charge in [0.15, 0.2) is 0 Å². The zero-order valence-corrected chi connectivity index (χ0v) is 17.5. The smallest absolute Gasteiger partial charge is 0.124 e. The van der Waals surface area contributed by atoms with Gasteiger partial charge in [-0.3, -0.25) is 4.90 Å².